The Morgan fingerprint density at radius 3 is 1.11 bits per heavy atom. The van der Waals surface area contributed by atoms with Crippen LogP contribution in [0.3, 0.4) is 0 Å². The average molecular weight is 1130 g/mol. The lowest BCUT2D eigenvalue weighted by Crippen LogP contribution is -2.29. The summed E-state index contributed by atoms with van der Waals surface area (Å²) in [5.74, 6) is 0. The minimum atomic E-state index is -0.730. The molecule has 0 bridgehead atoms. The fourth-order valence-corrected chi connectivity index (χ4v) is 15.3. The van der Waals surface area contributed by atoms with E-state index in [1.807, 2.05) is 0 Å². The van der Waals surface area contributed by atoms with Gasteiger partial charge in [0.05, 0.1) is 27.5 Å². The van der Waals surface area contributed by atoms with E-state index in [1.54, 1.807) is 0 Å². The Balaban J connectivity index is 0.860. The lowest BCUT2D eigenvalue weighted by molar-refractivity contribution is 0.783. The summed E-state index contributed by atoms with van der Waals surface area (Å²) in [6, 6.07) is 126. The van der Waals surface area contributed by atoms with E-state index in [4.69, 9.17) is 0 Å². The van der Waals surface area contributed by atoms with Crippen molar-refractivity contribution in [1.82, 2.24) is 9.13 Å². The van der Waals surface area contributed by atoms with Gasteiger partial charge in [-0.2, -0.15) is 0 Å². The lowest BCUT2D eigenvalue weighted by Gasteiger charge is -2.36. The van der Waals surface area contributed by atoms with E-state index in [1.165, 1.54) is 109 Å². The van der Waals surface area contributed by atoms with Gasteiger partial charge in [0.2, 0.25) is 0 Å². The van der Waals surface area contributed by atoms with Gasteiger partial charge in [0.1, 0.15) is 0 Å². The van der Waals surface area contributed by atoms with Crippen molar-refractivity contribution in [2.75, 3.05) is 9.80 Å². The molecular weight excluding hydrogens is 1080 g/mol. The molecule has 18 rings (SSSR count). The topological polar surface area (TPSA) is 16.3 Å². The van der Waals surface area contributed by atoms with Crippen LogP contribution in [0.25, 0.3) is 98.4 Å². The molecule has 2 heterocycles. The summed E-state index contributed by atoms with van der Waals surface area (Å²) in [6.07, 6.45) is 0. The van der Waals surface area contributed by atoms with E-state index in [9.17, 15) is 0 Å². The molecule has 416 valence electrons. The summed E-state index contributed by atoms with van der Waals surface area (Å²) in [7, 11) is 0. The Kier molecular flexibility index (Phi) is 11.5. The van der Waals surface area contributed by atoms with E-state index in [-0.39, 0.29) is 0 Å². The fraction of sp³-hybridized carbons (Fsp3) is 0.0118. The molecule has 0 saturated carbocycles. The number of hydrogen-bond donors (Lipinski definition) is 0. The highest BCUT2D eigenvalue weighted by molar-refractivity contribution is 6.22. The van der Waals surface area contributed by atoms with Gasteiger partial charge in [-0.3, -0.25) is 0 Å². The van der Waals surface area contributed by atoms with Gasteiger partial charge < -0.3 is 18.9 Å². The number of nitrogens with zero attached hydrogens (tertiary/aromatic N) is 4. The molecule has 0 aliphatic heterocycles. The first-order chi connectivity index (χ1) is 44.2. The minimum Gasteiger partial charge on any atom is -0.310 e. The lowest BCUT2D eigenvalue weighted by atomic mass is 9.65. The second kappa shape index (κ2) is 20.2. The molecule has 89 heavy (non-hydrogen) atoms. The van der Waals surface area contributed by atoms with Crippen molar-refractivity contribution < 1.29 is 0 Å². The van der Waals surface area contributed by atoms with Crippen molar-refractivity contribution in [3.63, 3.8) is 0 Å². The first kappa shape index (κ1) is 50.6. The molecule has 2 aromatic heterocycles. The Morgan fingerprint density at radius 2 is 0.607 bits per heavy atom. The SMILES string of the molecule is c1ccc(N(c2ccc3c4c(ccc3c2)-c2c(c3ccc(N(c5ccccc5)c5ccc6c(c5)c5ccccc5n6-c5ccccc5)cc3c3ccccc23)C4(c2ccccc2)c2ccccc2)c2ccc3c(c2)c2ccccc2n3-c2ccccc2)cc1. The maximum atomic E-state index is 2.46. The van der Waals surface area contributed by atoms with Crippen LogP contribution in [-0.4, -0.2) is 9.13 Å². The number of hydrogen-bond acceptors (Lipinski definition) is 2. The molecule has 0 unspecified atom stereocenters. The van der Waals surface area contributed by atoms with Gasteiger partial charge in [-0.05, 0) is 187 Å². The summed E-state index contributed by atoms with van der Waals surface area (Å²) in [6.45, 7) is 0. The van der Waals surface area contributed by atoms with Crippen LogP contribution < -0.4 is 9.80 Å². The predicted molar refractivity (Wildman–Crippen MR) is 374 cm³/mol. The van der Waals surface area contributed by atoms with Gasteiger partial charge >= 0.3 is 0 Å². The van der Waals surface area contributed by atoms with Crippen LogP contribution in [0.5, 0.6) is 0 Å². The Bertz CT molecular complexity index is 5560. The predicted octanol–water partition coefficient (Wildman–Crippen LogP) is 22.6. The largest absolute Gasteiger partial charge is 0.310 e. The van der Waals surface area contributed by atoms with Crippen LogP contribution in [0.15, 0.2) is 340 Å². The van der Waals surface area contributed by atoms with E-state index >= 15 is 0 Å². The summed E-state index contributed by atoms with van der Waals surface area (Å²) in [4.78, 5) is 4.87. The zero-order chi connectivity index (χ0) is 58.6. The van der Waals surface area contributed by atoms with Crippen molar-refractivity contribution in [3.05, 3.63) is 362 Å². The average Bonchev–Trinajstić information content (AvgIpc) is 1.55. The normalized spacial score (nSPS) is 12.6. The molecule has 4 nitrogen and oxygen atoms in total. The molecule has 0 radical (unpaired) electrons. The summed E-state index contributed by atoms with van der Waals surface area (Å²) < 4.78 is 4.78. The fourth-order valence-electron chi connectivity index (χ4n) is 15.3. The van der Waals surface area contributed by atoms with Gasteiger partial charge in [0, 0.05) is 67.0 Å². The van der Waals surface area contributed by atoms with Gasteiger partial charge in [-0.15, -0.1) is 0 Å². The molecular formula is C85H56N4. The van der Waals surface area contributed by atoms with Crippen LogP contribution in [0.1, 0.15) is 22.3 Å². The second-order valence-electron chi connectivity index (χ2n) is 23.5. The third-order valence-electron chi connectivity index (χ3n) is 18.8. The third kappa shape index (κ3) is 7.67. The van der Waals surface area contributed by atoms with Crippen molar-refractivity contribution in [1.29, 1.82) is 0 Å². The van der Waals surface area contributed by atoms with Crippen LogP contribution in [0.4, 0.5) is 34.1 Å². The van der Waals surface area contributed by atoms with Gasteiger partial charge in [-0.25, -0.2) is 0 Å². The molecule has 0 fully saturated rings. The number of fused-ring (bicyclic) bond motifs is 16. The second-order valence-corrected chi connectivity index (χ2v) is 23.5. The summed E-state index contributed by atoms with van der Waals surface area (Å²) in [5.41, 5.74) is 20.4. The summed E-state index contributed by atoms with van der Waals surface area (Å²) in [5, 5.41) is 12.1. The number of anilines is 6. The highest BCUT2D eigenvalue weighted by atomic mass is 15.1. The maximum Gasteiger partial charge on any atom is 0.0725 e. The molecule has 0 amide bonds. The molecule has 0 saturated heterocycles. The highest BCUT2D eigenvalue weighted by Crippen LogP contribution is 2.62. The summed E-state index contributed by atoms with van der Waals surface area (Å²) >= 11 is 0. The number of para-hydroxylation sites is 6. The Morgan fingerprint density at radius 1 is 0.225 bits per heavy atom. The first-order valence-electron chi connectivity index (χ1n) is 30.7. The minimum absolute atomic E-state index is 0.730. The van der Waals surface area contributed by atoms with Crippen molar-refractivity contribution in [3.8, 4) is 22.5 Å². The van der Waals surface area contributed by atoms with Crippen LogP contribution >= 0.6 is 0 Å². The molecule has 0 spiro atoms. The first-order valence-corrected chi connectivity index (χ1v) is 30.7. The smallest absolute Gasteiger partial charge is 0.0725 e. The third-order valence-corrected chi connectivity index (χ3v) is 18.8. The van der Waals surface area contributed by atoms with Crippen LogP contribution in [0, 0.1) is 0 Å². The molecule has 15 aromatic carbocycles. The van der Waals surface area contributed by atoms with Gasteiger partial charge in [0.15, 0.2) is 0 Å². The van der Waals surface area contributed by atoms with Crippen molar-refractivity contribution >= 4 is 110 Å². The number of benzene rings is 15. The van der Waals surface area contributed by atoms with E-state index in [2.05, 4.69) is 359 Å². The van der Waals surface area contributed by atoms with Gasteiger partial charge in [0.25, 0.3) is 0 Å². The van der Waals surface area contributed by atoms with E-state index in [0.717, 1.165) is 45.5 Å². The van der Waals surface area contributed by atoms with Gasteiger partial charge in [-0.1, -0.05) is 218 Å². The number of aromatic nitrogens is 2. The number of rotatable bonds is 10. The van der Waals surface area contributed by atoms with E-state index < -0.39 is 5.41 Å². The molecule has 0 N–H and O–H groups in total. The zero-order valence-electron chi connectivity index (χ0n) is 48.6. The Hall–Kier alpha value is -11.7. The molecule has 1 aliphatic carbocycles. The highest BCUT2D eigenvalue weighted by Gasteiger charge is 2.49. The van der Waals surface area contributed by atoms with Crippen LogP contribution in [-0.2, 0) is 5.41 Å². The molecule has 0 atom stereocenters. The van der Waals surface area contributed by atoms with Crippen molar-refractivity contribution in [2.24, 2.45) is 0 Å². The quantitative estimate of drug-likeness (QED) is 0.127. The molecule has 4 heteroatoms. The van der Waals surface area contributed by atoms with Crippen molar-refractivity contribution in [2.45, 2.75) is 5.41 Å². The maximum absolute atomic E-state index is 2.46. The molecule has 17 aromatic rings. The standard InChI is InChI=1S/C85H56N4/c1-7-25-58(26-8-1)85(59-27-9-2-10-28-59)83-68-49-44-64(86(60-29-11-3-12-30-60)66-46-51-80-76(55-66)70-38-21-23-41-78(70)88(80)62-33-15-5-16-34-62)53-57(68)43-48-74(83)82-72-40-20-19-37-69(72)75-54-65(45-50-73(75)84(82)85)87(61-31-13-4-14-32-61)67-47-52-81-77(56-67)71-39-22-24-42-79(71)89(81)63-35-17-6-18-36-63/h1-56H. The monoisotopic (exact) mass is 1130 g/mol. The van der Waals surface area contributed by atoms with Crippen LogP contribution in [0.2, 0.25) is 0 Å². The van der Waals surface area contributed by atoms with E-state index in [0.29, 0.717) is 0 Å². The molecule has 1 aliphatic rings. The zero-order valence-corrected chi connectivity index (χ0v) is 48.6. The Labute approximate surface area is 515 Å².